The molecule has 2 aliphatic rings. The summed E-state index contributed by atoms with van der Waals surface area (Å²) in [6.45, 7) is 4.50. The van der Waals surface area contributed by atoms with Gasteiger partial charge in [-0.25, -0.2) is 9.78 Å². The zero-order valence-corrected chi connectivity index (χ0v) is 15.6. The van der Waals surface area contributed by atoms with Crippen LogP contribution < -0.4 is 0 Å². The van der Waals surface area contributed by atoms with Gasteiger partial charge in [0.1, 0.15) is 17.2 Å². The molecule has 2 heterocycles. The number of carbonyl (C=O) groups excluding carboxylic acids is 1. The molecule has 7 heteroatoms. The summed E-state index contributed by atoms with van der Waals surface area (Å²) in [6, 6.07) is -0.594. The van der Waals surface area contributed by atoms with E-state index in [-0.39, 0.29) is 24.5 Å². The van der Waals surface area contributed by atoms with E-state index in [0.717, 1.165) is 30.7 Å². The largest absolute Gasteiger partial charge is 0.480 e. The molecule has 1 aliphatic heterocycles. The van der Waals surface area contributed by atoms with Gasteiger partial charge >= 0.3 is 5.97 Å². The van der Waals surface area contributed by atoms with Crippen molar-refractivity contribution in [3.05, 3.63) is 16.1 Å². The summed E-state index contributed by atoms with van der Waals surface area (Å²) >= 11 is 1.49. The lowest BCUT2D eigenvalue weighted by molar-refractivity contribution is -0.149. The van der Waals surface area contributed by atoms with Crippen molar-refractivity contribution in [1.82, 2.24) is 9.88 Å². The highest BCUT2D eigenvalue weighted by atomic mass is 32.1. The Hall–Kier alpha value is -1.47. The molecule has 1 amide bonds. The molecule has 3 rings (SSSR count). The van der Waals surface area contributed by atoms with E-state index in [1.54, 1.807) is 4.90 Å². The van der Waals surface area contributed by atoms with Crippen LogP contribution in [0.25, 0.3) is 0 Å². The summed E-state index contributed by atoms with van der Waals surface area (Å²) < 4.78 is 5.54. The predicted molar refractivity (Wildman–Crippen MR) is 94.5 cm³/mol. The molecule has 1 N–H and O–H groups in total. The number of carboxylic acids is 1. The number of aromatic nitrogens is 1. The molecule has 1 saturated heterocycles. The average Bonchev–Trinajstić information content (AvgIpc) is 3.19. The number of fused-ring (bicyclic) bond motifs is 1. The molecule has 1 aromatic rings. The van der Waals surface area contributed by atoms with E-state index in [9.17, 15) is 14.7 Å². The van der Waals surface area contributed by atoms with Crippen LogP contribution in [-0.4, -0.2) is 45.6 Å². The van der Waals surface area contributed by atoms with Gasteiger partial charge in [-0.2, -0.15) is 0 Å². The molecule has 6 nitrogen and oxygen atoms in total. The number of thiazole rings is 1. The molecule has 0 aromatic carbocycles. The Labute approximate surface area is 152 Å². The first kappa shape index (κ1) is 18.3. The molecule has 1 aliphatic carbocycles. The minimum absolute atomic E-state index is 0.0832. The van der Waals surface area contributed by atoms with Crippen LogP contribution in [0.4, 0.5) is 0 Å². The van der Waals surface area contributed by atoms with Gasteiger partial charge in [0.2, 0.25) is 5.91 Å². The molecule has 1 aromatic heterocycles. The summed E-state index contributed by atoms with van der Waals surface area (Å²) in [4.78, 5) is 30.7. The van der Waals surface area contributed by atoms with Gasteiger partial charge in [-0.05, 0) is 39.0 Å². The maximum Gasteiger partial charge on any atom is 0.326 e. The second-order valence-electron chi connectivity index (χ2n) is 6.95. The molecule has 0 unspecified atom stereocenters. The van der Waals surface area contributed by atoms with E-state index in [2.05, 4.69) is 4.98 Å². The number of hydrogen-bond acceptors (Lipinski definition) is 5. The minimum Gasteiger partial charge on any atom is -0.480 e. The van der Waals surface area contributed by atoms with Gasteiger partial charge < -0.3 is 14.7 Å². The number of likely N-dealkylation sites (tertiary alicyclic amines) is 1. The monoisotopic (exact) mass is 366 g/mol. The lowest BCUT2D eigenvalue weighted by Crippen LogP contribution is -2.46. The second-order valence-corrected chi connectivity index (χ2v) is 7.84. The maximum absolute atomic E-state index is 12.9. The first-order chi connectivity index (χ1) is 12.0. The first-order valence-electron chi connectivity index (χ1n) is 9.11. The summed E-state index contributed by atoms with van der Waals surface area (Å²) in [5, 5.41) is 12.3. The van der Waals surface area contributed by atoms with Crippen molar-refractivity contribution in [3.8, 4) is 0 Å². The molecule has 0 bridgehead atoms. The van der Waals surface area contributed by atoms with Crippen molar-refractivity contribution in [1.29, 1.82) is 0 Å². The predicted octanol–water partition coefficient (Wildman–Crippen LogP) is 3.03. The minimum atomic E-state index is -0.883. The van der Waals surface area contributed by atoms with E-state index in [0.29, 0.717) is 24.6 Å². The van der Waals surface area contributed by atoms with E-state index in [1.807, 2.05) is 19.2 Å². The molecule has 2 fully saturated rings. The van der Waals surface area contributed by atoms with Gasteiger partial charge in [0, 0.05) is 18.0 Å². The number of aliphatic carboxylic acids is 1. The standard InChI is InChI=1S/C18H26N2O4S/c1-3-24-11(2)17-19-13(10-25-17)9-16(21)20-14-7-5-4-6-12(14)8-15(20)18(22)23/h10-12,14-15H,3-9H2,1-2H3,(H,22,23)/t11-,12+,14+,15+/m1/s1. The number of carbonyl (C=O) groups is 2. The molecule has 138 valence electrons. The molecular weight excluding hydrogens is 340 g/mol. The maximum atomic E-state index is 12.9. The second kappa shape index (κ2) is 7.83. The quantitative estimate of drug-likeness (QED) is 0.837. The van der Waals surface area contributed by atoms with Crippen LogP contribution in [0.1, 0.15) is 62.8 Å². The summed E-state index contributed by atoms with van der Waals surface area (Å²) in [7, 11) is 0. The zero-order valence-electron chi connectivity index (χ0n) is 14.8. The number of rotatable bonds is 6. The van der Waals surface area contributed by atoms with Crippen molar-refractivity contribution < 1.29 is 19.4 Å². The highest BCUT2D eigenvalue weighted by Crippen LogP contribution is 2.40. The highest BCUT2D eigenvalue weighted by molar-refractivity contribution is 7.09. The van der Waals surface area contributed by atoms with Crippen LogP contribution in [0.5, 0.6) is 0 Å². The van der Waals surface area contributed by atoms with Crippen molar-refractivity contribution in [2.24, 2.45) is 5.92 Å². The Morgan fingerprint density at radius 1 is 1.44 bits per heavy atom. The first-order valence-corrected chi connectivity index (χ1v) is 9.99. The molecule has 4 atom stereocenters. The SMILES string of the molecule is CCO[C@H](C)c1nc(CC(=O)N2[C@H](C(=O)O)C[C@@H]3CCCC[C@@H]32)cs1. The lowest BCUT2D eigenvalue weighted by Gasteiger charge is -2.33. The van der Waals surface area contributed by atoms with Gasteiger partial charge in [-0.3, -0.25) is 4.79 Å². The molecule has 25 heavy (non-hydrogen) atoms. The fourth-order valence-corrected chi connectivity index (χ4v) is 5.02. The van der Waals surface area contributed by atoms with Gasteiger partial charge in [0.25, 0.3) is 0 Å². The van der Waals surface area contributed by atoms with E-state index in [4.69, 9.17) is 4.74 Å². The van der Waals surface area contributed by atoms with Crippen LogP contribution in [0.2, 0.25) is 0 Å². The topological polar surface area (TPSA) is 79.7 Å². The zero-order chi connectivity index (χ0) is 18.0. The van der Waals surface area contributed by atoms with Gasteiger partial charge in [-0.15, -0.1) is 11.3 Å². The number of hydrogen-bond donors (Lipinski definition) is 1. The number of amides is 1. The third-order valence-corrected chi connectivity index (χ3v) is 6.38. The Kier molecular flexibility index (Phi) is 5.74. The van der Waals surface area contributed by atoms with Crippen molar-refractivity contribution in [2.45, 2.75) is 70.6 Å². The summed E-state index contributed by atoms with van der Waals surface area (Å²) in [5.74, 6) is -0.655. The number of carboxylic acid groups (broad SMARTS) is 1. The Balaban J connectivity index is 1.71. The third-order valence-electron chi connectivity index (χ3n) is 5.33. The highest BCUT2D eigenvalue weighted by Gasteiger charge is 2.47. The van der Waals surface area contributed by atoms with E-state index < -0.39 is 12.0 Å². The number of nitrogens with zero attached hydrogens (tertiary/aromatic N) is 2. The van der Waals surface area contributed by atoms with Crippen LogP contribution in [0.3, 0.4) is 0 Å². The molecule has 1 saturated carbocycles. The number of ether oxygens (including phenoxy) is 1. The summed E-state index contributed by atoms with van der Waals surface area (Å²) in [6.07, 6.45) is 4.84. The third kappa shape index (κ3) is 3.87. The van der Waals surface area contributed by atoms with Gasteiger partial charge in [0.05, 0.1) is 12.1 Å². The Morgan fingerprint density at radius 3 is 2.92 bits per heavy atom. The van der Waals surface area contributed by atoms with Gasteiger partial charge in [-0.1, -0.05) is 12.8 Å². The Morgan fingerprint density at radius 2 is 2.20 bits per heavy atom. The van der Waals surface area contributed by atoms with Gasteiger partial charge in [0.15, 0.2) is 0 Å². The van der Waals surface area contributed by atoms with E-state index in [1.165, 1.54) is 11.3 Å². The fraction of sp³-hybridized carbons (Fsp3) is 0.722. The van der Waals surface area contributed by atoms with Crippen LogP contribution >= 0.6 is 11.3 Å². The molecule has 0 spiro atoms. The smallest absolute Gasteiger partial charge is 0.326 e. The lowest BCUT2D eigenvalue weighted by atomic mass is 9.84. The molecular formula is C18H26N2O4S. The van der Waals surface area contributed by atoms with Crippen molar-refractivity contribution >= 4 is 23.2 Å². The molecule has 0 radical (unpaired) electrons. The van der Waals surface area contributed by atoms with Crippen LogP contribution in [-0.2, 0) is 20.7 Å². The van der Waals surface area contributed by atoms with Crippen LogP contribution in [0, 0.1) is 5.92 Å². The van der Waals surface area contributed by atoms with Crippen molar-refractivity contribution in [2.75, 3.05) is 6.61 Å². The average molecular weight is 366 g/mol. The van der Waals surface area contributed by atoms with E-state index >= 15 is 0 Å². The summed E-state index contributed by atoms with van der Waals surface area (Å²) in [5.41, 5.74) is 0.708. The fourth-order valence-electron chi connectivity index (χ4n) is 4.20. The van der Waals surface area contributed by atoms with Crippen LogP contribution in [0.15, 0.2) is 5.38 Å². The van der Waals surface area contributed by atoms with Crippen molar-refractivity contribution in [3.63, 3.8) is 0 Å². The normalized spacial score (nSPS) is 27.1. The Bertz CT molecular complexity index is 632.